The number of nitro benzene ring substituents is 1. The Morgan fingerprint density at radius 1 is 1.53 bits per heavy atom. The van der Waals surface area contributed by atoms with Gasteiger partial charge in [-0.25, -0.2) is 0 Å². The van der Waals surface area contributed by atoms with Crippen molar-refractivity contribution in [3.63, 3.8) is 0 Å². The fraction of sp³-hybridized carbons (Fsp3) is 0.300. The van der Waals surface area contributed by atoms with Crippen molar-refractivity contribution in [1.82, 2.24) is 0 Å². The van der Waals surface area contributed by atoms with E-state index in [1.54, 1.807) is 0 Å². The average Bonchev–Trinajstić information content (AvgIpc) is 2.58. The Morgan fingerprint density at radius 2 is 2.24 bits per heavy atom. The minimum Gasteiger partial charge on any atom is -0.502 e. The number of hydrogen-bond acceptors (Lipinski definition) is 4. The molecule has 1 fully saturated rings. The molecule has 0 saturated carbocycles. The summed E-state index contributed by atoms with van der Waals surface area (Å²) in [7, 11) is 0. The van der Waals surface area contributed by atoms with Crippen LogP contribution in [-0.2, 0) is 4.79 Å². The number of aromatic hydroxyl groups is 1. The van der Waals surface area contributed by atoms with Crippen LogP contribution in [0.15, 0.2) is 18.2 Å². The summed E-state index contributed by atoms with van der Waals surface area (Å²) in [6, 6.07) is 3.82. The number of hydrogen-bond donors (Lipinski definition) is 1. The van der Waals surface area contributed by atoms with Gasteiger partial charge in [0, 0.05) is 19.0 Å². The molecule has 0 radical (unpaired) electrons. The van der Waals surface area contributed by atoms with Gasteiger partial charge in [0.25, 0.3) is 0 Å². The number of nitro groups is 1. The van der Waals surface area contributed by atoms with Gasteiger partial charge in [0.2, 0.25) is 5.91 Å². The maximum atomic E-state index is 11.6. The molecule has 6 nitrogen and oxygen atoms in total. The number of phenolic OH excluding ortho intramolecular Hbond substituents is 1. The third kappa shape index (κ3) is 2.16. The van der Waals surface area contributed by atoms with E-state index in [0.29, 0.717) is 12.2 Å². The molecule has 90 valence electrons. The monoisotopic (exact) mass is 256 g/mol. The van der Waals surface area contributed by atoms with Crippen LogP contribution in [0.2, 0.25) is 0 Å². The van der Waals surface area contributed by atoms with Gasteiger partial charge in [0.05, 0.1) is 16.0 Å². The molecular formula is C10H9ClN2O4. The van der Waals surface area contributed by atoms with Crippen molar-refractivity contribution in [1.29, 1.82) is 0 Å². The Kier molecular flexibility index (Phi) is 2.89. The number of halogens is 1. The van der Waals surface area contributed by atoms with Crippen LogP contribution >= 0.6 is 11.6 Å². The molecule has 1 aliphatic rings. The fourth-order valence-corrected chi connectivity index (χ4v) is 2.01. The average molecular weight is 257 g/mol. The molecule has 1 aliphatic heterocycles. The first-order chi connectivity index (χ1) is 7.99. The summed E-state index contributed by atoms with van der Waals surface area (Å²) in [5.74, 6) is -0.599. The molecule has 1 amide bonds. The lowest BCUT2D eigenvalue weighted by molar-refractivity contribution is -0.385. The van der Waals surface area contributed by atoms with Gasteiger partial charge in [-0.2, -0.15) is 0 Å². The molecular weight excluding hydrogens is 248 g/mol. The molecule has 7 heteroatoms. The SMILES string of the molecule is O=C1CC(Cl)CN1c1ccc(O)c([N+](=O)[O-])c1. The Morgan fingerprint density at radius 3 is 2.76 bits per heavy atom. The van der Waals surface area contributed by atoms with Crippen LogP contribution in [-0.4, -0.2) is 27.9 Å². The van der Waals surface area contributed by atoms with E-state index < -0.39 is 16.4 Å². The summed E-state index contributed by atoms with van der Waals surface area (Å²) in [5.41, 5.74) is -0.0454. The molecule has 1 unspecified atom stereocenters. The topological polar surface area (TPSA) is 83.7 Å². The van der Waals surface area contributed by atoms with Gasteiger partial charge in [0.1, 0.15) is 0 Å². The molecule has 1 atom stereocenters. The highest BCUT2D eigenvalue weighted by atomic mass is 35.5. The molecule has 0 aromatic heterocycles. The Balaban J connectivity index is 2.37. The second-order valence-corrected chi connectivity index (χ2v) is 4.35. The summed E-state index contributed by atoms with van der Waals surface area (Å²) >= 11 is 5.84. The smallest absolute Gasteiger partial charge is 0.312 e. The van der Waals surface area contributed by atoms with E-state index in [1.165, 1.54) is 23.1 Å². The second-order valence-electron chi connectivity index (χ2n) is 3.74. The van der Waals surface area contributed by atoms with Crippen molar-refractivity contribution in [3.05, 3.63) is 28.3 Å². The van der Waals surface area contributed by atoms with Gasteiger partial charge in [-0.3, -0.25) is 14.9 Å². The minimum absolute atomic E-state index is 0.176. The Hall–Kier alpha value is -1.82. The van der Waals surface area contributed by atoms with Crippen molar-refractivity contribution in [3.8, 4) is 5.75 Å². The minimum atomic E-state index is -0.697. The zero-order valence-corrected chi connectivity index (χ0v) is 9.42. The molecule has 0 bridgehead atoms. The van der Waals surface area contributed by atoms with Crippen molar-refractivity contribution in [2.45, 2.75) is 11.8 Å². The lowest BCUT2D eigenvalue weighted by atomic mass is 10.2. The summed E-state index contributed by atoms with van der Waals surface area (Å²) in [6.07, 6.45) is 0.218. The highest BCUT2D eigenvalue weighted by Crippen LogP contribution is 2.32. The number of carbonyl (C=O) groups excluding carboxylic acids is 1. The van der Waals surface area contributed by atoms with E-state index in [9.17, 15) is 20.0 Å². The van der Waals surface area contributed by atoms with Gasteiger partial charge < -0.3 is 10.0 Å². The standard InChI is InChI=1S/C10H9ClN2O4/c11-6-3-10(15)12(5-6)7-1-2-9(14)8(4-7)13(16)17/h1-2,4,6,14H,3,5H2. The van der Waals surface area contributed by atoms with Crippen molar-refractivity contribution in [2.24, 2.45) is 0 Å². The lowest BCUT2D eigenvalue weighted by Crippen LogP contribution is -2.24. The first-order valence-electron chi connectivity index (χ1n) is 4.91. The van der Waals surface area contributed by atoms with Crippen LogP contribution in [0.5, 0.6) is 5.75 Å². The van der Waals surface area contributed by atoms with Crippen molar-refractivity contribution in [2.75, 3.05) is 11.4 Å². The summed E-state index contributed by atoms with van der Waals surface area (Å²) in [6.45, 7) is 0.322. The first-order valence-corrected chi connectivity index (χ1v) is 5.34. The molecule has 0 spiro atoms. The highest BCUT2D eigenvalue weighted by Gasteiger charge is 2.30. The molecule has 1 aromatic rings. The van der Waals surface area contributed by atoms with Gasteiger partial charge in [-0.1, -0.05) is 0 Å². The normalized spacial score (nSPS) is 19.7. The number of alkyl halides is 1. The van der Waals surface area contributed by atoms with Gasteiger partial charge in [-0.05, 0) is 12.1 Å². The quantitative estimate of drug-likeness (QED) is 0.495. The fourth-order valence-electron chi connectivity index (χ4n) is 1.74. The molecule has 17 heavy (non-hydrogen) atoms. The maximum absolute atomic E-state index is 11.6. The van der Waals surface area contributed by atoms with Crippen LogP contribution in [0, 0.1) is 10.1 Å². The van der Waals surface area contributed by atoms with Crippen LogP contribution in [0.25, 0.3) is 0 Å². The zero-order chi connectivity index (χ0) is 12.6. The second kappa shape index (κ2) is 4.21. The number of anilines is 1. The van der Waals surface area contributed by atoms with Gasteiger partial charge in [0.15, 0.2) is 5.75 Å². The van der Waals surface area contributed by atoms with E-state index in [2.05, 4.69) is 0 Å². The van der Waals surface area contributed by atoms with Gasteiger partial charge in [-0.15, -0.1) is 11.6 Å². The lowest BCUT2D eigenvalue weighted by Gasteiger charge is -2.15. The first kappa shape index (κ1) is 11.7. The van der Waals surface area contributed by atoms with Gasteiger partial charge >= 0.3 is 5.69 Å². The summed E-state index contributed by atoms with van der Waals surface area (Å²) < 4.78 is 0. The maximum Gasteiger partial charge on any atom is 0.312 e. The molecule has 1 aromatic carbocycles. The molecule has 0 aliphatic carbocycles. The zero-order valence-electron chi connectivity index (χ0n) is 8.67. The third-order valence-electron chi connectivity index (χ3n) is 2.55. The van der Waals surface area contributed by atoms with Crippen LogP contribution in [0.4, 0.5) is 11.4 Å². The van der Waals surface area contributed by atoms with Crippen LogP contribution < -0.4 is 4.90 Å². The number of benzene rings is 1. The molecule has 1 N–H and O–H groups in total. The summed E-state index contributed by atoms with van der Waals surface area (Å²) in [5, 5.41) is 19.7. The van der Waals surface area contributed by atoms with Crippen molar-refractivity contribution >= 4 is 28.9 Å². The van der Waals surface area contributed by atoms with Crippen LogP contribution in [0.3, 0.4) is 0 Å². The Labute approximate surface area is 102 Å². The van der Waals surface area contributed by atoms with E-state index in [-0.39, 0.29) is 17.7 Å². The number of rotatable bonds is 2. The molecule has 1 heterocycles. The molecule has 1 saturated heterocycles. The number of nitrogens with zero attached hydrogens (tertiary/aromatic N) is 2. The predicted octanol–water partition coefficient (Wildman–Crippen LogP) is 1.64. The number of carbonyl (C=O) groups is 1. The predicted molar refractivity (Wildman–Crippen MR) is 61.4 cm³/mol. The van der Waals surface area contributed by atoms with Crippen LogP contribution in [0.1, 0.15) is 6.42 Å². The third-order valence-corrected chi connectivity index (χ3v) is 2.84. The largest absolute Gasteiger partial charge is 0.502 e. The van der Waals surface area contributed by atoms with E-state index in [4.69, 9.17) is 11.6 Å². The van der Waals surface area contributed by atoms with E-state index in [0.717, 1.165) is 0 Å². The number of phenols is 1. The van der Waals surface area contributed by atoms with Crippen molar-refractivity contribution < 1.29 is 14.8 Å². The summed E-state index contributed by atoms with van der Waals surface area (Å²) in [4.78, 5) is 22.9. The highest BCUT2D eigenvalue weighted by molar-refractivity contribution is 6.24. The number of amides is 1. The van der Waals surface area contributed by atoms with E-state index in [1.807, 2.05) is 0 Å². The molecule has 2 rings (SSSR count). The van der Waals surface area contributed by atoms with E-state index >= 15 is 0 Å². The Bertz CT molecular complexity index is 491.